The molecule has 1 aliphatic heterocycles. The molecule has 0 aliphatic carbocycles. The average Bonchev–Trinajstić information content (AvgIpc) is 3.52. The van der Waals surface area contributed by atoms with E-state index in [9.17, 15) is 22.4 Å². The van der Waals surface area contributed by atoms with E-state index < -0.39 is 16.1 Å². The first-order valence-electron chi connectivity index (χ1n) is 13.7. The van der Waals surface area contributed by atoms with E-state index in [1.54, 1.807) is 41.3 Å². The molecule has 1 heterocycles. The van der Waals surface area contributed by atoms with Gasteiger partial charge in [-0.3, -0.25) is 9.59 Å². The first-order chi connectivity index (χ1) is 19.3. The summed E-state index contributed by atoms with van der Waals surface area (Å²) in [4.78, 5) is 28.7. The maximum absolute atomic E-state index is 13.7. The Hall–Kier alpha value is -3.56. The van der Waals surface area contributed by atoms with Crippen LogP contribution in [0.4, 0.5) is 4.39 Å². The van der Waals surface area contributed by atoms with Crippen LogP contribution in [0.5, 0.6) is 0 Å². The quantitative estimate of drug-likeness (QED) is 0.355. The number of aryl methyl sites for hydroxylation is 1. The molecule has 3 aromatic carbocycles. The molecule has 0 saturated carbocycles. The molecule has 1 atom stereocenters. The summed E-state index contributed by atoms with van der Waals surface area (Å²) in [5.74, 6) is -0.843. The van der Waals surface area contributed by atoms with Gasteiger partial charge in [-0.25, -0.2) is 12.8 Å². The van der Waals surface area contributed by atoms with Gasteiger partial charge in [-0.2, -0.15) is 4.31 Å². The Morgan fingerprint density at radius 2 is 1.52 bits per heavy atom. The van der Waals surface area contributed by atoms with Gasteiger partial charge >= 0.3 is 0 Å². The minimum absolute atomic E-state index is 0.129. The normalized spacial score (nSPS) is 14.6. The van der Waals surface area contributed by atoms with Gasteiger partial charge in [0.05, 0.1) is 4.90 Å². The van der Waals surface area contributed by atoms with Crippen molar-refractivity contribution in [2.75, 3.05) is 19.6 Å². The van der Waals surface area contributed by atoms with Crippen LogP contribution < -0.4 is 5.32 Å². The molecule has 1 N–H and O–H groups in total. The Labute approximate surface area is 236 Å². The monoisotopic (exact) mass is 565 g/mol. The molecule has 3 aromatic rings. The molecular formula is C31H36FN3O4S. The lowest BCUT2D eigenvalue weighted by molar-refractivity contribution is -0.141. The number of sulfonamides is 1. The summed E-state index contributed by atoms with van der Waals surface area (Å²) < 4.78 is 40.8. The molecule has 212 valence electrons. The van der Waals surface area contributed by atoms with E-state index in [4.69, 9.17) is 0 Å². The number of carbonyl (C=O) groups is 2. The van der Waals surface area contributed by atoms with Crippen molar-refractivity contribution in [3.63, 3.8) is 0 Å². The first kappa shape index (κ1) is 29.4. The molecule has 1 unspecified atom stereocenters. The largest absolute Gasteiger partial charge is 0.355 e. The number of nitrogens with one attached hydrogen (secondary N) is 1. The second kappa shape index (κ2) is 13.7. The summed E-state index contributed by atoms with van der Waals surface area (Å²) in [6.45, 7) is 3.49. The van der Waals surface area contributed by atoms with E-state index in [1.807, 2.05) is 37.3 Å². The molecule has 9 heteroatoms. The van der Waals surface area contributed by atoms with Crippen molar-refractivity contribution in [1.82, 2.24) is 14.5 Å². The van der Waals surface area contributed by atoms with Crippen LogP contribution in [0.15, 0.2) is 83.8 Å². The Morgan fingerprint density at radius 3 is 2.15 bits per heavy atom. The Morgan fingerprint density at radius 1 is 0.900 bits per heavy atom. The molecule has 0 radical (unpaired) electrons. The molecule has 1 fully saturated rings. The zero-order valence-corrected chi connectivity index (χ0v) is 23.6. The molecule has 0 bridgehead atoms. The second-order valence-electron chi connectivity index (χ2n) is 10.0. The average molecular weight is 566 g/mol. The number of hydrogen-bond acceptors (Lipinski definition) is 4. The Bertz CT molecular complexity index is 1370. The molecule has 7 nitrogen and oxygen atoms in total. The number of amides is 2. The van der Waals surface area contributed by atoms with Gasteiger partial charge in [0.25, 0.3) is 0 Å². The SMILES string of the molecule is CCNC(=O)C(Cc1ccccc1)N(Cc1ccc(F)cc1)C(=O)CCc1ccc(S(=O)(=O)N2CCCC2)cc1. The number of halogens is 1. The topological polar surface area (TPSA) is 86.8 Å². The van der Waals surface area contributed by atoms with Crippen molar-refractivity contribution >= 4 is 21.8 Å². The van der Waals surface area contributed by atoms with Crippen molar-refractivity contribution in [2.24, 2.45) is 0 Å². The van der Waals surface area contributed by atoms with E-state index in [0.717, 1.165) is 24.0 Å². The van der Waals surface area contributed by atoms with Crippen LogP contribution in [0.3, 0.4) is 0 Å². The lowest BCUT2D eigenvalue weighted by Gasteiger charge is -2.31. The van der Waals surface area contributed by atoms with Gasteiger partial charge in [-0.05, 0) is 67.1 Å². The molecule has 1 aliphatic rings. The third kappa shape index (κ3) is 7.55. The summed E-state index contributed by atoms with van der Waals surface area (Å²) in [5.41, 5.74) is 2.46. The lowest BCUT2D eigenvalue weighted by atomic mass is 10.0. The van der Waals surface area contributed by atoms with E-state index in [1.165, 1.54) is 16.4 Å². The predicted molar refractivity (Wildman–Crippen MR) is 152 cm³/mol. The van der Waals surface area contributed by atoms with Gasteiger partial charge in [0, 0.05) is 39.0 Å². The summed E-state index contributed by atoms with van der Waals surface area (Å²) in [7, 11) is -3.51. The molecule has 2 amide bonds. The fourth-order valence-electron chi connectivity index (χ4n) is 4.93. The number of carbonyl (C=O) groups excluding carboxylic acids is 2. The van der Waals surface area contributed by atoms with Gasteiger partial charge in [-0.1, -0.05) is 54.6 Å². The maximum Gasteiger partial charge on any atom is 0.243 e. The van der Waals surface area contributed by atoms with Crippen LogP contribution in [-0.2, 0) is 39.0 Å². The van der Waals surface area contributed by atoms with Crippen molar-refractivity contribution in [3.05, 3.63) is 101 Å². The van der Waals surface area contributed by atoms with Crippen molar-refractivity contribution in [2.45, 2.75) is 56.5 Å². The minimum atomic E-state index is -3.51. The van der Waals surface area contributed by atoms with Crippen LogP contribution in [0.1, 0.15) is 42.9 Å². The standard InChI is InChI=1S/C31H36FN3O4S/c1-2-33-31(37)29(22-25-8-4-3-5-9-25)35(23-26-10-15-27(32)16-11-26)30(36)19-14-24-12-17-28(18-13-24)40(38,39)34-20-6-7-21-34/h3-5,8-13,15-18,29H,2,6-7,14,19-23H2,1H3,(H,33,37). The van der Waals surface area contributed by atoms with E-state index >= 15 is 0 Å². The smallest absolute Gasteiger partial charge is 0.243 e. The van der Waals surface area contributed by atoms with E-state index in [0.29, 0.717) is 38.0 Å². The van der Waals surface area contributed by atoms with Gasteiger partial charge < -0.3 is 10.2 Å². The van der Waals surface area contributed by atoms with Gasteiger partial charge in [0.2, 0.25) is 21.8 Å². The molecular weight excluding hydrogens is 529 g/mol. The molecule has 4 rings (SSSR count). The third-order valence-corrected chi connectivity index (χ3v) is 9.05. The zero-order chi connectivity index (χ0) is 28.5. The highest BCUT2D eigenvalue weighted by Gasteiger charge is 2.30. The van der Waals surface area contributed by atoms with Crippen LogP contribution in [-0.4, -0.2) is 55.1 Å². The van der Waals surface area contributed by atoms with E-state index in [2.05, 4.69) is 5.32 Å². The maximum atomic E-state index is 13.7. The molecule has 0 spiro atoms. The highest BCUT2D eigenvalue weighted by Crippen LogP contribution is 2.22. The first-order valence-corrected chi connectivity index (χ1v) is 15.2. The van der Waals surface area contributed by atoms with Crippen LogP contribution in [0, 0.1) is 5.82 Å². The fourth-order valence-corrected chi connectivity index (χ4v) is 6.45. The van der Waals surface area contributed by atoms with Crippen LogP contribution in [0.25, 0.3) is 0 Å². The molecule has 1 saturated heterocycles. The molecule has 0 aromatic heterocycles. The van der Waals surface area contributed by atoms with Gasteiger partial charge in [-0.15, -0.1) is 0 Å². The van der Waals surface area contributed by atoms with Crippen molar-refractivity contribution in [1.29, 1.82) is 0 Å². The highest BCUT2D eigenvalue weighted by atomic mass is 32.2. The van der Waals surface area contributed by atoms with Gasteiger partial charge in [0.1, 0.15) is 11.9 Å². The van der Waals surface area contributed by atoms with Crippen molar-refractivity contribution in [3.8, 4) is 0 Å². The summed E-state index contributed by atoms with van der Waals surface area (Å²) in [5, 5.41) is 2.86. The zero-order valence-electron chi connectivity index (χ0n) is 22.8. The number of benzene rings is 3. The summed E-state index contributed by atoms with van der Waals surface area (Å²) in [6, 6.07) is 21.4. The third-order valence-electron chi connectivity index (χ3n) is 7.14. The van der Waals surface area contributed by atoms with Gasteiger partial charge in [0.15, 0.2) is 0 Å². The number of nitrogens with zero attached hydrogens (tertiary/aromatic N) is 2. The molecule has 40 heavy (non-hydrogen) atoms. The second-order valence-corrected chi connectivity index (χ2v) is 11.9. The Balaban J connectivity index is 1.53. The number of rotatable bonds is 12. The summed E-state index contributed by atoms with van der Waals surface area (Å²) >= 11 is 0. The van der Waals surface area contributed by atoms with Crippen LogP contribution >= 0.6 is 0 Å². The lowest BCUT2D eigenvalue weighted by Crippen LogP contribution is -2.50. The van der Waals surface area contributed by atoms with Crippen molar-refractivity contribution < 1.29 is 22.4 Å². The number of hydrogen-bond donors (Lipinski definition) is 1. The predicted octanol–water partition coefficient (Wildman–Crippen LogP) is 4.32. The fraction of sp³-hybridized carbons (Fsp3) is 0.355. The van der Waals surface area contributed by atoms with E-state index in [-0.39, 0.29) is 35.5 Å². The highest BCUT2D eigenvalue weighted by molar-refractivity contribution is 7.89. The van der Waals surface area contributed by atoms with Crippen LogP contribution in [0.2, 0.25) is 0 Å². The summed E-state index contributed by atoms with van der Waals surface area (Å²) in [6.07, 6.45) is 2.59. The number of likely N-dealkylation sites (N-methyl/N-ethyl adjacent to an activating group) is 1. The Kier molecular flexibility index (Phi) is 10.1. The minimum Gasteiger partial charge on any atom is -0.355 e.